The van der Waals surface area contributed by atoms with E-state index in [4.69, 9.17) is 9.51 Å². The molecule has 1 saturated heterocycles. The highest BCUT2D eigenvalue weighted by atomic mass is 16.5. The summed E-state index contributed by atoms with van der Waals surface area (Å²) in [5.41, 5.74) is 5.80. The monoisotopic (exact) mass is 426 g/mol. The van der Waals surface area contributed by atoms with Crippen LogP contribution in [0.2, 0.25) is 0 Å². The van der Waals surface area contributed by atoms with E-state index in [1.807, 2.05) is 42.2 Å². The van der Waals surface area contributed by atoms with Gasteiger partial charge in [-0.2, -0.15) is 4.98 Å². The second-order valence-electron chi connectivity index (χ2n) is 8.64. The van der Waals surface area contributed by atoms with Gasteiger partial charge in [-0.05, 0) is 51.3 Å². The number of pyridine rings is 1. The summed E-state index contributed by atoms with van der Waals surface area (Å²) in [6.45, 7) is 7.33. The Bertz CT molecular complexity index is 1300. The summed E-state index contributed by atoms with van der Waals surface area (Å²) < 4.78 is 5.35. The van der Waals surface area contributed by atoms with Crippen LogP contribution in [-0.4, -0.2) is 39.0 Å². The topological polar surface area (TPSA) is 72.1 Å². The highest BCUT2D eigenvalue weighted by Gasteiger charge is 2.28. The van der Waals surface area contributed by atoms with Gasteiger partial charge in [0, 0.05) is 30.0 Å². The molecule has 1 fully saturated rings. The van der Waals surface area contributed by atoms with E-state index >= 15 is 0 Å². The molecule has 0 atom stereocenters. The summed E-state index contributed by atoms with van der Waals surface area (Å²) in [7, 11) is 0. The van der Waals surface area contributed by atoms with Gasteiger partial charge in [0.15, 0.2) is 5.82 Å². The van der Waals surface area contributed by atoms with Gasteiger partial charge in [0.1, 0.15) is 0 Å². The van der Waals surface area contributed by atoms with E-state index < -0.39 is 0 Å². The van der Waals surface area contributed by atoms with Crippen LogP contribution in [0.3, 0.4) is 0 Å². The molecular weight excluding hydrogens is 400 g/mol. The summed E-state index contributed by atoms with van der Waals surface area (Å²) in [4.78, 5) is 24.8. The van der Waals surface area contributed by atoms with Crippen molar-refractivity contribution in [1.29, 1.82) is 0 Å². The predicted molar refractivity (Wildman–Crippen MR) is 124 cm³/mol. The minimum absolute atomic E-state index is 0.0507. The van der Waals surface area contributed by atoms with Crippen LogP contribution in [-0.2, 0) is 0 Å². The molecule has 0 spiro atoms. The van der Waals surface area contributed by atoms with E-state index in [2.05, 4.69) is 42.2 Å². The molecule has 32 heavy (non-hydrogen) atoms. The molecule has 162 valence electrons. The number of hydrogen-bond donors (Lipinski definition) is 0. The second kappa shape index (κ2) is 8.19. The lowest BCUT2D eigenvalue weighted by molar-refractivity contribution is 0.0706. The Morgan fingerprint density at radius 3 is 2.50 bits per heavy atom. The smallest absolute Gasteiger partial charge is 0.254 e. The van der Waals surface area contributed by atoms with Crippen molar-refractivity contribution >= 4 is 16.8 Å². The van der Waals surface area contributed by atoms with Crippen molar-refractivity contribution in [1.82, 2.24) is 20.0 Å². The molecule has 1 amide bonds. The summed E-state index contributed by atoms with van der Waals surface area (Å²) >= 11 is 0. The summed E-state index contributed by atoms with van der Waals surface area (Å²) in [5, 5.41) is 4.79. The third-order valence-electron chi connectivity index (χ3n) is 6.28. The fourth-order valence-electron chi connectivity index (χ4n) is 4.57. The standard InChI is InChI=1S/C26H26N4O2/c1-16-8-9-20(17(2)14-16)24-15-22(21-6-4-5-7-23(21)28-24)26(31)30-12-10-19(11-13-30)25-27-18(3)29-32-25/h4-9,14-15,19H,10-13H2,1-3H3. The highest BCUT2D eigenvalue weighted by molar-refractivity contribution is 6.07. The molecule has 2 aromatic carbocycles. The minimum Gasteiger partial charge on any atom is -0.339 e. The van der Waals surface area contributed by atoms with Gasteiger partial charge in [0.05, 0.1) is 16.8 Å². The second-order valence-corrected chi connectivity index (χ2v) is 8.64. The lowest BCUT2D eigenvalue weighted by atomic mass is 9.95. The Hall–Kier alpha value is -3.54. The third-order valence-corrected chi connectivity index (χ3v) is 6.28. The molecule has 6 heteroatoms. The molecule has 2 aromatic heterocycles. The molecule has 6 nitrogen and oxygen atoms in total. The Labute approximate surface area is 187 Å². The third kappa shape index (κ3) is 3.77. The minimum atomic E-state index is 0.0507. The first-order valence-corrected chi connectivity index (χ1v) is 11.1. The van der Waals surface area contributed by atoms with Crippen molar-refractivity contribution in [2.45, 2.75) is 39.5 Å². The van der Waals surface area contributed by atoms with Crippen LogP contribution in [0.15, 0.2) is 53.1 Å². The highest BCUT2D eigenvalue weighted by Crippen LogP contribution is 2.31. The first kappa shape index (κ1) is 20.4. The van der Waals surface area contributed by atoms with Crippen molar-refractivity contribution in [2.75, 3.05) is 13.1 Å². The van der Waals surface area contributed by atoms with Crippen LogP contribution in [0.4, 0.5) is 0 Å². The molecule has 0 N–H and O–H groups in total. The van der Waals surface area contributed by atoms with Gasteiger partial charge in [-0.3, -0.25) is 4.79 Å². The molecule has 0 saturated carbocycles. The number of likely N-dealkylation sites (tertiary alicyclic amines) is 1. The number of amides is 1. The predicted octanol–water partition coefficient (Wildman–Crippen LogP) is 5.23. The molecule has 4 aromatic rings. The number of para-hydroxylation sites is 1. The fraction of sp³-hybridized carbons (Fsp3) is 0.308. The Morgan fingerprint density at radius 2 is 1.78 bits per heavy atom. The number of hydrogen-bond acceptors (Lipinski definition) is 5. The van der Waals surface area contributed by atoms with Crippen molar-refractivity contribution in [3.63, 3.8) is 0 Å². The number of rotatable bonds is 3. The summed E-state index contributed by atoms with van der Waals surface area (Å²) in [6.07, 6.45) is 1.64. The van der Waals surface area contributed by atoms with E-state index in [1.165, 1.54) is 5.56 Å². The molecule has 0 radical (unpaired) electrons. The molecular formula is C26H26N4O2. The van der Waals surface area contributed by atoms with E-state index in [-0.39, 0.29) is 11.8 Å². The maximum atomic E-state index is 13.6. The number of aryl methyl sites for hydroxylation is 3. The SMILES string of the molecule is Cc1ccc(-c2cc(C(=O)N3CCC(c4nc(C)no4)CC3)c3ccccc3n2)c(C)c1. The lowest BCUT2D eigenvalue weighted by Gasteiger charge is -2.30. The van der Waals surface area contributed by atoms with Gasteiger partial charge >= 0.3 is 0 Å². The number of carbonyl (C=O) groups excluding carboxylic acids is 1. The van der Waals surface area contributed by atoms with Gasteiger partial charge in [-0.25, -0.2) is 4.98 Å². The molecule has 1 aliphatic rings. The average Bonchev–Trinajstić information content (AvgIpc) is 3.24. The Morgan fingerprint density at radius 1 is 1.00 bits per heavy atom. The average molecular weight is 427 g/mol. The van der Waals surface area contributed by atoms with Gasteiger partial charge in [-0.1, -0.05) is 47.1 Å². The Kier molecular flexibility index (Phi) is 5.21. The molecule has 5 rings (SSSR count). The lowest BCUT2D eigenvalue weighted by Crippen LogP contribution is -2.38. The van der Waals surface area contributed by atoms with Crippen molar-refractivity contribution in [2.24, 2.45) is 0 Å². The zero-order chi connectivity index (χ0) is 22.2. The van der Waals surface area contributed by atoms with Gasteiger partial charge in [-0.15, -0.1) is 0 Å². The van der Waals surface area contributed by atoms with Crippen LogP contribution >= 0.6 is 0 Å². The van der Waals surface area contributed by atoms with Crippen molar-refractivity contribution in [3.8, 4) is 11.3 Å². The number of carbonyl (C=O) groups is 1. The van der Waals surface area contributed by atoms with E-state index in [9.17, 15) is 4.79 Å². The molecule has 1 aliphatic heterocycles. The zero-order valence-corrected chi connectivity index (χ0v) is 18.6. The number of fused-ring (bicyclic) bond motifs is 1. The van der Waals surface area contributed by atoms with Crippen LogP contribution in [0.25, 0.3) is 22.2 Å². The summed E-state index contributed by atoms with van der Waals surface area (Å²) in [5.74, 6) is 1.59. The maximum Gasteiger partial charge on any atom is 0.254 e. The van der Waals surface area contributed by atoms with Crippen molar-refractivity contribution in [3.05, 3.63) is 76.9 Å². The number of piperidine rings is 1. The molecule has 0 unspecified atom stereocenters. The quantitative estimate of drug-likeness (QED) is 0.449. The first-order chi connectivity index (χ1) is 15.5. The van der Waals surface area contributed by atoms with Gasteiger partial charge in [0.2, 0.25) is 5.89 Å². The van der Waals surface area contributed by atoms with Crippen molar-refractivity contribution < 1.29 is 9.32 Å². The van der Waals surface area contributed by atoms with E-state index in [1.54, 1.807) is 0 Å². The van der Waals surface area contributed by atoms with Crippen LogP contribution < -0.4 is 0 Å². The van der Waals surface area contributed by atoms with E-state index in [0.29, 0.717) is 30.4 Å². The van der Waals surface area contributed by atoms with Crippen LogP contribution in [0, 0.1) is 20.8 Å². The number of benzene rings is 2. The fourth-order valence-corrected chi connectivity index (χ4v) is 4.57. The largest absolute Gasteiger partial charge is 0.339 e. The Balaban J connectivity index is 1.47. The normalized spacial score (nSPS) is 14.8. The summed E-state index contributed by atoms with van der Waals surface area (Å²) in [6, 6.07) is 16.2. The van der Waals surface area contributed by atoms with Gasteiger partial charge < -0.3 is 9.42 Å². The molecule has 0 aliphatic carbocycles. The first-order valence-electron chi connectivity index (χ1n) is 11.1. The molecule has 0 bridgehead atoms. The zero-order valence-electron chi connectivity index (χ0n) is 18.6. The van der Waals surface area contributed by atoms with Crippen LogP contribution in [0.1, 0.15) is 52.0 Å². The molecule has 3 heterocycles. The van der Waals surface area contributed by atoms with E-state index in [0.717, 1.165) is 40.6 Å². The number of nitrogens with zero attached hydrogens (tertiary/aromatic N) is 4. The number of aromatic nitrogens is 3. The van der Waals surface area contributed by atoms with Gasteiger partial charge in [0.25, 0.3) is 5.91 Å². The maximum absolute atomic E-state index is 13.6. The van der Waals surface area contributed by atoms with Crippen LogP contribution in [0.5, 0.6) is 0 Å².